The van der Waals surface area contributed by atoms with Crippen LogP contribution in [0.4, 0.5) is 11.5 Å². The number of esters is 1. The Bertz CT molecular complexity index is 642. The molecule has 2 heterocycles. The van der Waals surface area contributed by atoms with E-state index in [4.69, 9.17) is 0 Å². The zero-order chi connectivity index (χ0) is 15.2. The van der Waals surface area contributed by atoms with Gasteiger partial charge in [-0.2, -0.15) is 4.98 Å². The van der Waals surface area contributed by atoms with Crippen molar-refractivity contribution in [2.45, 2.75) is 6.42 Å². The molecule has 0 saturated heterocycles. The highest BCUT2D eigenvalue weighted by molar-refractivity contribution is 5.88. The van der Waals surface area contributed by atoms with Crippen molar-refractivity contribution in [3.8, 4) is 0 Å². The Kier molecular flexibility index (Phi) is 4.39. The fourth-order valence-electron chi connectivity index (χ4n) is 1.54. The van der Waals surface area contributed by atoms with Crippen LogP contribution in [0.15, 0.2) is 23.0 Å². The molecule has 2 rings (SSSR count). The summed E-state index contributed by atoms with van der Waals surface area (Å²) in [6.07, 6.45) is 1.58. The monoisotopic (exact) mass is 293 g/mol. The highest BCUT2D eigenvalue weighted by Crippen LogP contribution is 2.22. The van der Waals surface area contributed by atoms with Crippen molar-refractivity contribution in [2.75, 3.05) is 19.0 Å². The number of hydrogen-bond acceptors (Lipinski definition) is 9. The van der Waals surface area contributed by atoms with Gasteiger partial charge in [-0.1, -0.05) is 5.16 Å². The topological polar surface area (TPSA) is 133 Å². The highest BCUT2D eigenvalue weighted by atomic mass is 16.6. The number of anilines is 1. The summed E-state index contributed by atoms with van der Waals surface area (Å²) in [5.41, 5.74) is -0.263. The van der Waals surface area contributed by atoms with Crippen molar-refractivity contribution >= 4 is 17.5 Å². The summed E-state index contributed by atoms with van der Waals surface area (Å²) < 4.78 is 9.09. The van der Waals surface area contributed by atoms with Crippen molar-refractivity contribution in [1.29, 1.82) is 0 Å². The molecule has 0 aliphatic carbocycles. The summed E-state index contributed by atoms with van der Waals surface area (Å²) in [7, 11) is 1.20. The maximum atomic E-state index is 11.4. The molecule has 0 radical (unpaired) electrons. The number of aromatic nitrogens is 3. The van der Waals surface area contributed by atoms with Crippen molar-refractivity contribution in [2.24, 2.45) is 0 Å². The maximum absolute atomic E-state index is 11.4. The van der Waals surface area contributed by atoms with E-state index in [9.17, 15) is 14.9 Å². The molecule has 0 saturated carbocycles. The predicted octanol–water partition coefficient (Wildman–Crippen LogP) is 0.814. The molecule has 110 valence electrons. The lowest BCUT2D eigenvalue weighted by atomic mass is 10.3. The molecular weight excluding hydrogens is 282 g/mol. The average molecular weight is 293 g/mol. The molecule has 0 unspecified atom stereocenters. The van der Waals surface area contributed by atoms with Gasteiger partial charge in [0.05, 0.1) is 12.0 Å². The number of nitrogens with one attached hydrogen (secondary N) is 1. The predicted molar refractivity (Wildman–Crippen MR) is 68.7 cm³/mol. The smallest absolute Gasteiger partial charge is 0.356 e. The number of carbonyl (C=O) groups excluding carboxylic acids is 1. The normalized spacial score (nSPS) is 10.1. The molecule has 0 aromatic carbocycles. The fraction of sp³-hybridized carbons (Fsp3) is 0.273. The number of hydrogen-bond donors (Lipinski definition) is 1. The second-order valence-corrected chi connectivity index (χ2v) is 3.84. The molecule has 0 bridgehead atoms. The molecule has 0 fully saturated rings. The zero-order valence-electron chi connectivity index (χ0n) is 11.0. The van der Waals surface area contributed by atoms with Gasteiger partial charge in [-0.05, 0) is 6.07 Å². The van der Waals surface area contributed by atoms with E-state index >= 15 is 0 Å². The summed E-state index contributed by atoms with van der Waals surface area (Å²) in [5.74, 6) is -0.244. The summed E-state index contributed by atoms with van der Waals surface area (Å²) in [6.45, 7) is 0.290. The number of nitro groups is 1. The highest BCUT2D eigenvalue weighted by Gasteiger charge is 2.18. The number of pyridine rings is 1. The first-order chi connectivity index (χ1) is 10.1. The van der Waals surface area contributed by atoms with Crippen LogP contribution in [0.2, 0.25) is 0 Å². The van der Waals surface area contributed by atoms with Crippen LogP contribution in [-0.2, 0) is 11.2 Å². The summed E-state index contributed by atoms with van der Waals surface area (Å²) in [6, 6.07) is 2.42. The molecule has 21 heavy (non-hydrogen) atoms. The van der Waals surface area contributed by atoms with Crippen molar-refractivity contribution < 1.29 is 19.0 Å². The van der Waals surface area contributed by atoms with E-state index in [0.29, 0.717) is 12.2 Å². The standard InChI is InChI=1S/C11H11N5O5/c1-20-11(17)7-2-3-8(16(18)19)10(14-7)12-5-4-9-13-6-21-15-9/h2-3,6H,4-5H2,1H3,(H,12,14). The van der Waals surface area contributed by atoms with E-state index in [1.165, 1.54) is 25.6 Å². The van der Waals surface area contributed by atoms with Crippen LogP contribution in [0.25, 0.3) is 0 Å². The van der Waals surface area contributed by atoms with Gasteiger partial charge in [0.1, 0.15) is 0 Å². The van der Waals surface area contributed by atoms with E-state index in [2.05, 4.69) is 29.7 Å². The minimum Gasteiger partial charge on any atom is -0.464 e. The van der Waals surface area contributed by atoms with Gasteiger partial charge >= 0.3 is 11.7 Å². The van der Waals surface area contributed by atoms with Crippen molar-refractivity contribution in [3.63, 3.8) is 0 Å². The van der Waals surface area contributed by atoms with E-state index in [0.717, 1.165) is 0 Å². The maximum Gasteiger partial charge on any atom is 0.356 e. The molecule has 0 atom stereocenters. The first-order valence-corrected chi connectivity index (χ1v) is 5.84. The Morgan fingerprint density at radius 3 is 2.95 bits per heavy atom. The number of carbonyl (C=O) groups is 1. The second-order valence-electron chi connectivity index (χ2n) is 3.84. The average Bonchev–Trinajstić information content (AvgIpc) is 2.99. The van der Waals surface area contributed by atoms with E-state index in [1.54, 1.807) is 0 Å². The molecular formula is C11H11N5O5. The third-order valence-electron chi connectivity index (χ3n) is 2.51. The number of ether oxygens (including phenoxy) is 1. The second kappa shape index (κ2) is 6.41. The molecule has 2 aromatic heterocycles. The van der Waals surface area contributed by atoms with Gasteiger partial charge in [0.15, 0.2) is 11.5 Å². The van der Waals surface area contributed by atoms with Crippen LogP contribution >= 0.6 is 0 Å². The van der Waals surface area contributed by atoms with Gasteiger partial charge in [0, 0.05) is 19.0 Å². The van der Waals surface area contributed by atoms with Crippen molar-refractivity contribution in [3.05, 3.63) is 40.2 Å². The first-order valence-electron chi connectivity index (χ1n) is 5.84. The molecule has 0 amide bonds. The van der Waals surface area contributed by atoms with Gasteiger partial charge in [-0.3, -0.25) is 10.1 Å². The molecule has 2 aromatic rings. The Labute approximate surface area is 118 Å². The van der Waals surface area contributed by atoms with Gasteiger partial charge in [0.2, 0.25) is 12.2 Å². The van der Waals surface area contributed by atoms with Gasteiger partial charge in [-0.25, -0.2) is 9.78 Å². The quantitative estimate of drug-likeness (QED) is 0.466. The Hall–Kier alpha value is -3.04. The largest absolute Gasteiger partial charge is 0.464 e. The number of methoxy groups -OCH3 is 1. The van der Waals surface area contributed by atoms with Crippen molar-refractivity contribution in [1.82, 2.24) is 15.1 Å². The summed E-state index contributed by atoms with van der Waals surface area (Å²) in [5, 5.41) is 17.3. The van der Waals surface area contributed by atoms with Gasteiger partial charge in [-0.15, -0.1) is 0 Å². The SMILES string of the molecule is COC(=O)c1ccc([N+](=O)[O-])c(NCCc2ncon2)n1. The molecule has 10 heteroatoms. The lowest BCUT2D eigenvalue weighted by molar-refractivity contribution is -0.384. The lowest BCUT2D eigenvalue weighted by Crippen LogP contribution is -2.12. The summed E-state index contributed by atoms with van der Waals surface area (Å²) >= 11 is 0. The van der Waals surface area contributed by atoms with E-state index in [-0.39, 0.29) is 23.7 Å². The Morgan fingerprint density at radius 2 is 2.33 bits per heavy atom. The molecule has 0 aliphatic rings. The fourth-order valence-corrected chi connectivity index (χ4v) is 1.54. The van der Waals surface area contributed by atoms with Gasteiger partial charge in [0.25, 0.3) is 0 Å². The Morgan fingerprint density at radius 1 is 1.52 bits per heavy atom. The number of rotatable bonds is 6. The first kappa shape index (κ1) is 14.4. The Balaban J connectivity index is 2.14. The summed E-state index contributed by atoms with van der Waals surface area (Å²) in [4.78, 5) is 29.4. The molecule has 0 aliphatic heterocycles. The van der Waals surface area contributed by atoms with Crippen LogP contribution in [0, 0.1) is 10.1 Å². The van der Waals surface area contributed by atoms with E-state index < -0.39 is 10.9 Å². The van der Waals surface area contributed by atoms with Crippen LogP contribution in [0.5, 0.6) is 0 Å². The third-order valence-corrected chi connectivity index (χ3v) is 2.51. The lowest BCUT2D eigenvalue weighted by Gasteiger charge is -2.06. The van der Waals surface area contributed by atoms with Gasteiger partial charge < -0.3 is 14.6 Å². The minimum absolute atomic E-state index is 0.0219. The van der Waals surface area contributed by atoms with Crippen LogP contribution < -0.4 is 5.32 Å². The molecule has 10 nitrogen and oxygen atoms in total. The molecule has 0 spiro atoms. The van der Waals surface area contributed by atoms with Crippen LogP contribution in [0.3, 0.4) is 0 Å². The van der Waals surface area contributed by atoms with E-state index in [1.807, 2.05) is 0 Å². The third kappa shape index (κ3) is 3.49. The molecule has 1 N–H and O–H groups in total. The minimum atomic E-state index is -0.675. The van der Waals surface area contributed by atoms with Crippen LogP contribution in [-0.4, -0.2) is 39.7 Å². The zero-order valence-corrected chi connectivity index (χ0v) is 11.0. The number of nitrogens with zero attached hydrogens (tertiary/aromatic N) is 4. The van der Waals surface area contributed by atoms with Crippen LogP contribution in [0.1, 0.15) is 16.3 Å².